The summed E-state index contributed by atoms with van der Waals surface area (Å²) in [5, 5.41) is 1.08. The van der Waals surface area contributed by atoms with E-state index in [1.165, 1.54) is 30.4 Å². The molecule has 22 heavy (non-hydrogen) atoms. The van der Waals surface area contributed by atoms with Crippen LogP contribution in [0, 0.1) is 6.92 Å². The highest BCUT2D eigenvalue weighted by Crippen LogP contribution is 2.57. The molecule has 1 aliphatic rings. The molecule has 1 nitrogen and oxygen atoms in total. The summed E-state index contributed by atoms with van der Waals surface area (Å²) in [6.07, 6.45) is 6.72. The molecule has 1 unspecified atom stereocenters. The molecule has 0 heterocycles. The molecule has 0 bridgehead atoms. The Labute approximate surface area is 134 Å². The molecular weight excluding hydrogens is 287 g/mol. The first-order valence-corrected chi connectivity index (χ1v) is 10.3. The topological polar surface area (TPSA) is 17.1 Å². The van der Waals surface area contributed by atoms with E-state index < -0.39 is 7.14 Å². The molecule has 0 saturated heterocycles. The lowest BCUT2D eigenvalue weighted by molar-refractivity contribution is 0.486. The van der Waals surface area contributed by atoms with E-state index in [0.717, 1.165) is 18.1 Å². The fraction of sp³-hybridized carbons (Fsp3) is 0.400. The fourth-order valence-corrected chi connectivity index (χ4v) is 7.05. The van der Waals surface area contributed by atoms with Gasteiger partial charge < -0.3 is 4.57 Å². The zero-order valence-corrected chi connectivity index (χ0v) is 14.3. The van der Waals surface area contributed by atoms with Gasteiger partial charge in [0.1, 0.15) is 7.14 Å². The predicted octanol–water partition coefficient (Wildman–Crippen LogP) is 5.52. The predicted molar refractivity (Wildman–Crippen MR) is 95.4 cm³/mol. The molecule has 0 aromatic heterocycles. The van der Waals surface area contributed by atoms with Crippen LogP contribution in [0.15, 0.2) is 54.6 Å². The van der Waals surface area contributed by atoms with E-state index in [9.17, 15) is 4.57 Å². The lowest BCUT2D eigenvalue weighted by Gasteiger charge is -2.31. The van der Waals surface area contributed by atoms with Crippen LogP contribution in [0.4, 0.5) is 0 Å². The summed E-state index contributed by atoms with van der Waals surface area (Å²) >= 11 is 0. The maximum atomic E-state index is 14.1. The second-order valence-electron chi connectivity index (χ2n) is 6.57. The molecule has 0 spiro atoms. The molecule has 2 heteroatoms. The van der Waals surface area contributed by atoms with Crippen LogP contribution in [0.1, 0.15) is 43.2 Å². The molecule has 1 aliphatic carbocycles. The normalized spacial score (nSPS) is 18.8. The standard InChI is InChI=1S/C20H25OP/c1-17-12-14-20(15-13-17)22(21,19-10-6-3-7-11-19)16-18-8-4-2-5-9-18/h2,4-5,8-9,12-15,19H,3,6-7,10-11,16H2,1H3. The second-order valence-corrected chi connectivity index (χ2v) is 9.72. The second kappa shape index (κ2) is 6.84. The van der Waals surface area contributed by atoms with Crippen LogP contribution in [0.5, 0.6) is 0 Å². The van der Waals surface area contributed by atoms with E-state index in [1.807, 2.05) is 6.07 Å². The number of aryl methyl sites for hydroxylation is 1. The van der Waals surface area contributed by atoms with Gasteiger partial charge in [-0.15, -0.1) is 0 Å². The van der Waals surface area contributed by atoms with Crippen molar-refractivity contribution >= 4 is 12.4 Å². The minimum Gasteiger partial charge on any atom is -0.318 e. The molecule has 2 aromatic carbocycles. The summed E-state index contributed by atoms with van der Waals surface area (Å²) in [7, 11) is -2.39. The quantitative estimate of drug-likeness (QED) is 0.680. The summed E-state index contributed by atoms with van der Waals surface area (Å²) in [4.78, 5) is 0. The lowest BCUT2D eigenvalue weighted by Crippen LogP contribution is -2.21. The number of hydrogen-bond donors (Lipinski definition) is 0. The van der Waals surface area contributed by atoms with Gasteiger partial charge in [0.2, 0.25) is 0 Å². The molecule has 116 valence electrons. The van der Waals surface area contributed by atoms with E-state index in [1.54, 1.807) is 0 Å². The molecule has 3 rings (SSSR count). The average molecular weight is 312 g/mol. The summed E-state index contributed by atoms with van der Waals surface area (Å²) in [5.74, 6) is 0. The van der Waals surface area contributed by atoms with E-state index in [2.05, 4.69) is 55.5 Å². The van der Waals surface area contributed by atoms with E-state index in [4.69, 9.17) is 0 Å². The Kier molecular flexibility index (Phi) is 4.84. The maximum Gasteiger partial charge on any atom is 0.122 e. The van der Waals surface area contributed by atoms with Gasteiger partial charge in [-0.3, -0.25) is 0 Å². The van der Waals surface area contributed by atoms with Gasteiger partial charge in [-0.25, -0.2) is 0 Å². The zero-order valence-electron chi connectivity index (χ0n) is 13.4. The van der Waals surface area contributed by atoms with Crippen LogP contribution in [-0.2, 0) is 10.7 Å². The smallest absolute Gasteiger partial charge is 0.122 e. The van der Waals surface area contributed by atoms with Crippen LogP contribution >= 0.6 is 7.14 Å². The molecule has 2 aromatic rings. The first-order chi connectivity index (χ1) is 10.7. The third kappa shape index (κ3) is 3.36. The van der Waals surface area contributed by atoms with Gasteiger partial charge in [0.15, 0.2) is 0 Å². The Morgan fingerprint density at radius 3 is 2.18 bits per heavy atom. The van der Waals surface area contributed by atoms with Gasteiger partial charge in [0, 0.05) is 17.1 Å². The molecule has 0 radical (unpaired) electrons. The number of hydrogen-bond acceptors (Lipinski definition) is 1. The van der Waals surface area contributed by atoms with Crippen LogP contribution < -0.4 is 5.30 Å². The van der Waals surface area contributed by atoms with Crippen molar-refractivity contribution in [2.24, 2.45) is 0 Å². The average Bonchev–Trinajstić information content (AvgIpc) is 2.57. The summed E-state index contributed by atoms with van der Waals surface area (Å²) in [6, 6.07) is 18.8. The van der Waals surface area contributed by atoms with Crippen molar-refractivity contribution in [3.05, 3.63) is 65.7 Å². The van der Waals surface area contributed by atoms with Gasteiger partial charge in [-0.05, 0) is 25.3 Å². The van der Waals surface area contributed by atoms with Crippen molar-refractivity contribution in [2.45, 2.75) is 50.8 Å². The SMILES string of the molecule is Cc1ccc(P(=O)(Cc2ccccc2)C2CCCCC2)cc1. The molecule has 0 N–H and O–H groups in total. The Morgan fingerprint density at radius 1 is 0.909 bits per heavy atom. The first-order valence-electron chi connectivity index (χ1n) is 8.38. The van der Waals surface area contributed by atoms with Gasteiger partial charge in [0.25, 0.3) is 0 Å². The highest BCUT2D eigenvalue weighted by Gasteiger charge is 2.35. The molecule has 0 amide bonds. The third-order valence-electron chi connectivity index (χ3n) is 4.90. The fourth-order valence-electron chi connectivity index (χ4n) is 3.58. The minimum atomic E-state index is -2.39. The van der Waals surface area contributed by atoms with Gasteiger partial charge in [0.05, 0.1) is 0 Å². The van der Waals surface area contributed by atoms with Crippen molar-refractivity contribution in [3.8, 4) is 0 Å². The van der Waals surface area contributed by atoms with Gasteiger partial charge in [-0.1, -0.05) is 79.4 Å². The van der Waals surface area contributed by atoms with Crippen molar-refractivity contribution in [3.63, 3.8) is 0 Å². The first kappa shape index (κ1) is 15.6. The van der Waals surface area contributed by atoms with E-state index in [0.29, 0.717) is 11.8 Å². The summed E-state index contributed by atoms with van der Waals surface area (Å²) in [5.41, 5.74) is 2.81. The van der Waals surface area contributed by atoms with Crippen LogP contribution in [0.2, 0.25) is 0 Å². The Balaban J connectivity index is 1.97. The summed E-state index contributed by atoms with van der Waals surface area (Å²) < 4.78 is 14.1. The van der Waals surface area contributed by atoms with E-state index in [-0.39, 0.29) is 0 Å². The van der Waals surface area contributed by atoms with Crippen molar-refractivity contribution in [2.75, 3.05) is 0 Å². The molecule has 1 saturated carbocycles. The van der Waals surface area contributed by atoms with E-state index >= 15 is 0 Å². The van der Waals surface area contributed by atoms with Gasteiger partial charge in [-0.2, -0.15) is 0 Å². The maximum absolute atomic E-state index is 14.1. The Bertz CT molecular complexity index is 639. The molecular formula is C20H25OP. The highest BCUT2D eigenvalue weighted by molar-refractivity contribution is 7.71. The summed E-state index contributed by atoms with van der Waals surface area (Å²) in [6.45, 7) is 2.09. The Hall–Kier alpha value is -1.33. The lowest BCUT2D eigenvalue weighted by atomic mass is 10.0. The van der Waals surface area contributed by atoms with Crippen molar-refractivity contribution < 1.29 is 4.57 Å². The van der Waals surface area contributed by atoms with Crippen LogP contribution in [0.3, 0.4) is 0 Å². The zero-order chi connectivity index (χ0) is 15.4. The van der Waals surface area contributed by atoms with Crippen molar-refractivity contribution in [1.29, 1.82) is 0 Å². The molecule has 0 aliphatic heterocycles. The van der Waals surface area contributed by atoms with Crippen LogP contribution in [-0.4, -0.2) is 5.66 Å². The largest absolute Gasteiger partial charge is 0.318 e. The van der Waals surface area contributed by atoms with Crippen molar-refractivity contribution in [1.82, 2.24) is 0 Å². The molecule has 1 atom stereocenters. The Morgan fingerprint density at radius 2 is 1.55 bits per heavy atom. The highest BCUT2D eigenvalue weighted by atomic mass is 31.2. The van der Waals surface area contributed by atoms with Gasteiger partial charge >= 0.3 is 0 Å². The minimum absolute atomic E-state index is 0.365. The van der Waals surface area contributed by atoms with Crippen LogP contribution in [0.25, 0.3) is 0 Å². The monoisotopic (exact) mass is 312 g/mol. The third-order valence-corrected chi connectivity index (χ3v) is 8.60. The molecule has 1 fully saturated rings. The number of rotatable bonds is 4. The number of benzene rings is 2.